The van der Waals surface area contributed by atoms with E-state index in [1.807, 2.05) is 0 Å². The van der Waals surface area contributed by atoms with Crippen LogP contribution in [0.5, 0.6) is 0 Å². The van der Waals surface area contributed by atoms with Crippen molar-refractivity contribution in [3.63, 3.8) is 0 Å². The number of benzene rings is 10. The molecule has 0 saturated heterocycles. The van der Waals surface area contributed by atoms with E-state index >= 15 is 0 Å². The van der Waals surface area contributed by atoms with Gasteiger partial charge in [0.25, 0.3) is 0 Å². The summed E-state index contributed by atoms with van der Waals surface area (Å²) in [4.78, 5) is 0. The second-order valence-electron chi connectivity index (χ2n) is 14.9. The van der Waals surface area contributed by atoms with Gasteiger partial charge in [-0.1, -0.05) is 140 Å². The van der Waals surface area contributed by atoms with E-state index in [-0.39, 0.29) is 0 Å². The fraction of sp³-hybridized carbons (Fsp3) is 0. The Hall–Kier alpha value is -7.42. The summed E-state index contributed by atoms with van der Waals surface area (Å²) in [5, 5.41) is 12.7. The second kappa shape index (κ2) is 12.0. The lowest BCUT2D eigenvalue weighted by Crippen LogP contribution is -1.93. The first-order valence-corrected chi connectivity index (χ1v) is 19.3. The SMILES string of the molecule is c1ccc(-n2c3ccccc3c3cc(-c4ccc(-c5cccc6cc7c(ccc8c7c7c9ccccc9ccc7n8-c7ccccc7)cc56)cc4)ccc32)cc1. The molecule has 0 spiro atoms. The van der Waals surface area contributed by atoms with Gasteiger partial charge in [0.05, 0.1) is 22.1 Å². The molecule has 0 radical (unpaired) electrons. The average molecular weight is 711 g/mol. The van der Waals surface area contributed by atoms with E-state index in [0.29, 0.717) is 0 Å². The Kier molecular flexibility index (Phi) is 6.66. The number of hydrogen-bond donors (Lipinski definition) is 0. The third-order valence-electron chi connectivity index (χ3n) is 11.9. The summed E-state index contributed by atoms with van der Waals surface area (Å²) in [7, 11) is 0. The van der Waals surface area contributed by atoms with Gasteiger partial charge in [-0.2, -0.15) is 0 Å². The maximum atomic E-state index is 2.43. The number of aromatic nitrogens is 2. The predicted molar refractivity (Wildman–Crippen MR) is 239 cm³/mol. The van der Waals surface area contributed by atoms with Gasteiger partial charge >= 0.3 is 0 Å². The molecule has 0 saturated carbocycles. The molecule has 260 valence electrons. The van der Waals surface area contributed by atoms with Crippen molar-refractivity contribution in [3.05, 3.63) is 206 Å². The molecule has 0 unspecified atom stereocenters. The first kappa shape index (κ1) is 31.0. The van der Waals surface area contributed by atoms with Crippen LogP contribution < -0.4 is 0 Å². The highest BCUT2D eigenvalue weighted by Gasteiger charge is 2.18. The van der Waals surface area contributed by atoms with Crippen LogP contribution in [0.1, 0.15) is 0 Å². The highest BCUT2D eigenvalue weighted by Crippen LogP contribution is 2.43. The Morgan fingerprint density at radius 1 is 0.250 bits per heavy atom. The molecule has 0 N–H and O–H groups in total. The van der Waals surface area contributed by atoms with Crippen molar-refractivity contribution in [2.24, 2.45) is 0 Å². The van der Waals surface area contributed by atoms with Crippen molar-refractivity contribution in [1.29, 1.82) is 0 Å². The highest BCUT2D eigenvalue weighted by molar-refractivity contribution is 6.29. The van der Waals surface area contributed by atoms with Gasteiger partial charge in [-0.05, 0) is 121 Å². The van der Waals surface area contributed by atoms with Gasteiger partial charge in [0.2, 0.25) is 0 Å². The van der Waals surface area contributed by atoms with Crippen LogP contribution in [0.15, 0.2) is 206 Å². The maximum Gasteiger partial charge on any atom is 0.0547 e. The zero-order valence-corrected chi connectivity index (χ0v) is 30.5. The molecule has 12 rings (SSSR count). The van der Waals surface area contributed by atoms with Gasteiger partial charge in [0.15, 0.2) is 0 Å². The van der Waals surface area contributed by atoms with Gasteiger partial charge in [0, 0.05) is 32.9 Å². The van der Waals surface area contributed by atoms with Gasteiger partial charge in [0.1, 0.15) is 0 Å². The van der Waals surface area contributed by atoms with Crippen LogP contribution in [-0.4, -0.2) is 9.13 Å². The minimum absolute atomic E-state index is 1.17. The fourth-order valence-corrected chi connectivity index (χ4v) is 9.33. The van der Waals surface area contributed by atoms with Crippen LogP contribution in [0.25, 0.3) is 110 Å². The van der Waals surface area contributed by atoms with Crippen LogP contribution in [0.4, 0.5) is 0 Å². The van der Waals surface area contributed by atoms with E-state index in [2.05, 4.69) is 215 Å². The minimum atomic E-state index is 1.17. The normalized spacial score (nSPS) is 11.9. The van der Waals surface area contributed by atoms with Crippen LogP contribution in [-0.2, 0) is 0 Å². The zero-order valence-electron chi connectivity index (χ0n) is 30.5. The number of fused-ring (bicyclic) bond motifs is 11. The molecule has 0 bridgehead atoms. The second-order valence-corrected chi connectivity index (χ2v) is 14.9. The van der Waals surface area contributed by atoms with Crippen molar-refractivity contribution < 1.29 is 0 Å². The average Bonchev–Trinajstić information content (AvgIpc) is 3.79. The van der Waals surface area contributed by atoms with Crippen LogP contribution in [0.2, 0.25) is 0 Å². The smallest absolute Gasteiger partial charge is 0.0547 e. The van der Waals surface area contributed by atoms with Gasteiger partial charge < -0.3 is 9.13 Å². The third-order valence-corrected chi connectivity index (χ3v) is 11.9. The summed E-state index contributed by atoms with van der Waals surface area (Å²) in [6.45, 7) is 0. The predicted octanol–water partition coefficient (Wildman–Crippen LogP) is 14.7. The Bertz CT molecular complexity index is 3500. The number of nitrogens with zero attached hydrogens (tertiary/aromatic N) is 2. The lowest BCUT2D eigenvalue weighted by molar-refractivity contribution is 1.18. The lowest BCUT2D eigenvalue weighted by atomic mass is 9.92. The quantitative estimate of drug-likeness (QED) is 0.161. The topological polar surface area (TPSA) is 9.86 Å². The van der Waals surface area contributed by atoms with E-state index < -0.39 is 0 Å². The summed E-state index contributed by atoms with van der Waals surface area (Å²) in [6, 6.07) is 75.7. The Morgan fingerprint density at radius 2 is 0.768 bits per heavy atom. The van der Waals surface area contributed by atoms with Gasteiger partial charge in [-0.15, -0.1) is 0 Å². The largest absolute Gasteiger partial charge is 0.309 e. The molecule has 2 nitrogen and oxygen atoms in total. The first-order valence-electron chi connectivity index (χ1n) is 19.3. The summed E-state index contributed by atoms with van der Waals surface area (Å²) in [5.41, 5.74) is 12.1. The van der Waals surface area contributed by atoms with E-state index in [4.69, 9.17) is 0 Å². The molecule has 0 atom stereocenters. The molecular formula is C54H34N2. The monoisotopic (exact) mass is 710 g/mol. The molecule has 56 heavy (non-hydrogen) atoms. The molecular weight excluding hydrogens is 677 g/mol. The molecule has 0 amide bonds. The van der Waals surface area contributed by atoms with E-state index in [1.54, 1.807) is 0 Å². The fourth-order valence-electron chi connectivity index (χ4n) is 9.33. The van der Waals surface area contributed by atoms with Crippen molar-refractivity contribution >= 4 is 75.9 Å². The standard InChI is InChI=1S/C54H34N2/c1-3-14-41(15-4-1)55-49-21-10-9-19-45(49)48-32-38(27-29-50(48)55)35-22-24-37(25-23-35)43-20-11-13-39-34-47-40(33-46(39)43)28-31-52-54(47)53-44-18-8-7-12-36(44)26-30-51(53)56(52)42-16-5-2-6-17-42/h1-34H. The van der Waals surface area contributed by atoms with Gasteiger partial charge in [-0.3, -0.25) is 0 Å². The van der Waals surface area contributed by atoms with Crippen LogP contribution in [0.3, 0.4) is 0 Å². The minimum Gasteiger partial charge on any atom is -0.309 e. The molecule has 0 aliphatic carbocycles. The van der Waals surface area contributed by atoms with Crippen LogP contribution >= 0.6 is 0 Å². The van der Waals surface area contributed by atoms with Crippen molar-refractivity contribution in [2.45, 2.75) is 0 Å². The number of para-hydroxylation sites is 3. The molecule has 12 aromatic rings. The van der Waals surface area contributed by atoms with Gasteiger partial charge in [-0.25, -0.2) is 0 Å². The molecule has 2 heterocycles. The summed E-state index contributed by atoms with van der Waals surface area (Å²) in [5.74, 6) is 0. The zero-order chi connectivity index (χ0) is 36.7. The van der Waals surface area contributed by atoms with Crippen molar-refractivity contribution in [3.8, 4) is 33.6 Å². The third kappa shape index (κ3) is 4.57. The summed E-state index contributed by atoms with van der Waals surface area (Å²) >= 11 is 0. The highest BCUT2D eigenvalue weighted by atomic mass is 15.0. The maximum absolute atomic E-state index is 2.43. The Labute approximate surface area is 323 Å². The molecule has 10 aromatic carbocycles. The van der Waals surface area contributed by atoms with Crippen molar-refractivity contribution in [1.82, 2.24) is 9.13 Å². The first-order chi connectivity index (χ1) is 27.8. The number of hydrogen-bond acceptors (Lipinski definition) is 0. The summed E-state index contributed by atoms with van der Waals surface area (Å²) < 4.78 is 4.80. The molecule has 0 fully saturated rings. The van der Waals surface area contributed by atoms with E-state index in [9.17, 15) is 0 Å². The molecule has 2 heteroatoms. The van der Waals surface area contributed by atoms with E-state index in [0.717, 1.165) is 0 Å². The Morgan fingerprint density at radius 3 is 1.54 bits per heavy atom. The lowest BCUT2D eigenvalue weighted by Gasteiger charge is -2.12. The van der Waals surface area contributed by atoms with Crippen LogP contribution in [0, 0.1) is 0 Å². The molecule has 2 aromatic heterocycles. The summed E-state index contributed by atoms with van der Waals surface area (Å²) in [6.07, 6.45) is 0. The number of rotatable bonds is 4. The molecule has 0 aliphatic heterocycles. The molecule has 0 aliphatic rings. The van der Waals surface area contributed by atoms with Crippen molar-refractivity contribution in [2.75, 3.05) is 0 Å². The van der Waals surface area contributed by atoms with E-state index in [1.165, 1.54) is 110 Å². The Balaban J connectivity index is 0.998.